The van der Waals surface area contributed by atoms with Gasteiger partial charge in [-0.3, -0.25) is 9.69 Å². The minimum Gasteiger partial charge on any atom is -0.477 e. The lowest BCUT2D eigenvalue weighted by molar-refractivity contribution is 0.0695. The van der Waals surface area contributed by atoms with Crippen LogP contribution in [0.15, 0.2) is 64.1 Å². The Balaban J connectivity index is 1.21. The number of piperazine rings is 1. The number of nitrogens with zero attached hydrogens (tertiary/aromatic N) is 5. The Hall–Kier alpha value is -3.80. The average molecular weight is 596 g/mol. The van der Waals surface area contributed by atoms with Gasteiger partial charge in [-0.25, -0.2) is 14.2 Å². The Bertz CT molecular complexity index is 1670. The molecule has 3 heterocycles. The summed E-state index contributed by atoms with van der Waals surface area (Å²) < 4.78 is 17.3. The van der Waals surface area contributed by atoms with E-state index < -0.39 is 17.2 Å². The van der Waals surface area contributed by atoms with Crippen molar-refractivity contribution in [3.05, 3.63) is 91.4 Å². The molecule has 0 amide bonds. The average Bonchev–Trinajstić information content (AvgIpc) is 3.67. The first-order chi connectivity index (χ1) is 19.9. The summed E-state index contributed by atoms with van der Waals surface area (Å²) in [7, 11) is 0. The summed E-state index contributed by atoms with van der Waals surface area (Å²) >= 11 is 8.30. The maximum atomic E-state index is 15.5. The molecular formula is C29H27ClFN5O4S. The smallest absolute Gasteiger partial charge is 0.341 e. The molecule has 2 aromatic heterocycles. The van der Waals surface area contributed by atoms with Crippen molar-refractivity contribution in [1.29, 1.82) is 0 Å². The van der Waals surface area contributed by atoms with Gasteiger partial charge >= 0.3 is 5.97 Å². The highest BCUT2D eigenvalue weighted by atomic mass is 35.5. The molecule has 41 heavy (non-hydrogen) atoms. The van der Waals surface area contributed by atoms with Gasteiger partial charge in [0.2, 0.25) is 5.43 Å². The molecule has 9 nitrogen and oxygen atoms in total. The van der Waals surface area contributed by atoms with Gasteiger partial charge in [0.1, 0.15) is 28.7 Å². The number of rotatable bonds is 9. The van der Waals surface area contributed by atoms with Crippen LogP contribution in [0.4, 0.5) is 10.1 Å². The summed E-state index contributed by atoms with van der Waals surface area (Å²) in [6, 6.07) is 11.0. The van der Waals surface area contributed by atoms with Crippen LogP contribution in [-0.2, 0) is 11.4 Å². The fourth-order valence-electron chi connectivity index (χ4n) is 5.12. The Morgan fingerprint density at radius 3 is 2.61 bits per heavy atom. The van der Waals surface area contributed by atoms with E-state index in [0.717, 1.165) is 35.2 Å². The van der Waals surface area contributed by atoms with Crippen molar-refractivity contribution in [2.45, 2.75) is 25.5 Å². The van der Waals surface area contributed by atoms with Gasteiger partial charge in [-0.05, 0) is 24.5 Å². The Morgan fingerprint density at radius 2 is 1.95 bits per heavy atom. The Morgan fingerprint density at radius 1 is 1.20 bits per heavy atom. The van der Waals surface area contributed by atoms with Gasteiger partial charge in [0.25, 0.3) is 0 Å². The summed E-state index contributed by atoms with van der Waals surface area (Å²) in [5.74, 6) is -1.98. The van der Waals surface area contributed by atoms with Crippen molar-refractivity contribution in [1.82, 2.24) is 14.5 Å². The van der Waals surface area contributed by atoms with Crippen LogP contribution in [0.25, 0.3) is 10.9 Å². The second-order valence-electron chi connectivity index (χ2n) is 10.1. The van der Waals surface area contributed by atoms with Crippen molar-refractivity contribution >= 4 is 51.2 Å². The van der Waals surface area contributed by atoms with E-state index >= 15 is 4.39 Å². The van der Waals surface area contributed by atoms with Crippen molar-refractivity contribution in [3.63, 3.8) is 0 Å². The number of carbonyl (C=O) groups is 1. The number of halogens is 2. The lowest BCUT2D eigenvalue weighted by Crippen LogP contribution is -2.48. The predicted octanol–water partition coefficient (Wildman–Crippen LogP) is 5.03. The van der Waals surface area contributed by atoms with Gasteiger partial charge in [-0.15, -0.1) is 11.3 Å². The Kier molecular flexibility index (Phi) is 7.74. The number of oxime groups is 1. The molecule has 0 radical (unpaired) electrons. The van der Waals surface area contributed by atoms with Crippen molar-refractivity contribution < 1.29 is 19.1 Å². The molecule has 4 aromatic rings. The molecule has 2 aromatic carbocycles. The molecule has 2 fully saturated rings. The molecule has 212 valence electrons. The number of benzene rings is 2. The van der Waals surface area contributed by atoms with E-state index in [1.807, 2.05) is 40.6 Å². The van der Waals surface area contributed by atoms with Crippen LogP contribution in [0.2, 0.25) is 5.02 Å². The molecule has 6 rings (SSSR count). The van der Waals surface area contributed by atoms with E-state index in [4.69, 9.17) is 16.4 Å². The molecule has 0 bridgehead atoms. The molecule has 1 aliphatic heterocycles. The molecular weight excluding hydrogens is 569 g/mol. The number of fused-ring (bicyclic) bond motifs is 1. The van der Waals surface area contributed by atoms with Crippen molar-refractivity contribution in [3.8, 4) is 0 Å². The lowest BCUT2D eigenvalue weighted by Gasteiger charge is -2.36. The third-order valence-corrected chi connectivity index (χ3v) is 8.52. The highest BCUT2D eigenvalue weighted by molar-refractivity contribution is 7.11. The van der Waals surface area contributed by atoms with Crippen LogP contribution in [0.3, 0.4) is 0 Å². The molecule has 1 aliphatic carbocycles. The fourth-order valence-corrected chi connectivity index (χ4v) is 6.14. The van der Waals surface area contributed by atoms with Crippen LogP contribution >= 0.6 is 22.9 Å². The number of pyridine rings is 1. The lowest BCUT2D eigenvalue weighted by atomic mass is 10.1. The molecule has 0 atom stereocenters. The number of hydrogen-bond donors (Lipinski definition) is 1. The number of carboxylic acids is 1. The van der Waals surface area contributed by atoms with E-state index in [1.165, 1.54) is 17.5 Å². The van der Waals surface area contributed by atoms with E-state index in [9.17, 15) is 14.7 Å². The molecule has 2 aliphatic rings. The van der Waals surface area contributed by atoms with Gasteiger partial charge in [0.15, 0.2) is 0 Å². The quantitative estimate of drug-likeness (QED) is 0.214. The topological polar surface area (TPSA) is 100 Å². The van der Waals surface area contributed by atoms with Gasteiger partial charge in [-0.1, -0.05) is 47.1 Å². The second-order valence-corrected chi connectivity index (χ2v) is 11.4. The third kappa shape index (κ3) is 5.70. The van der Waals surface area contributed by atoms with Crippen LogP contribution in [-0.4, -0.2) is 64.0 Å². The molecule has 0 spiro atoms. The van der Waals surface area contributed by atoms with E-state index in [0.29, 0.717) is 44.8 Å². The zero-order valence-corrected chi connectivity index (χ0v) is 23.6. The minimum atomic E-state index is -1.34. The van der Waals surface area contributed by atoms with E-state index in [1.54, 1.807) is 10.8 Å². The maximum absolute atomic E-state index is 15.5. The standard InChI is InChI=1S/C29H27ClFN5O4S/c30-24-25-20(27(37)21(29(38)39)15-36(25)19-6-7-19)14-22(31)26(24)35-11-9-34(10-12-35)16-23(28-32-8-13-41-28)33-40-17-18-4-2-1-3-5-18/h1-5,8,13-15,19H,6-7,9-12,16-17H2,(H,38,39)/b33-23+. The largest absolute Gasteiger partial charge is 0.477 e. The second kappa shape index (κ2) is 11.6. The van der Waals surface area contributed by atoms with E-state index in [-0.39, 0.29) is 27.7 Å². The van der Waals surface area contributed by atoms with Gasteiger partial charge < -0.3 is 19.4 Å². The summed E-state index contributed by atoms with van der Waals surface area (Å²) in [5, 5.41) is 16.7. The number of thiazole rings is 1. The number of anilines is 1. The normalized spacial score (nSPS) is 16.3. The van der Waals surface area contributed by atoms with Crippen LogP contribution in [0.1, 0.15) is 39.8 Å². The summed E-state index contributed by atoms with van der Waals surface area (Å²) in [6.07, 6.45) is 4.76. The summed E-state index contributed by atoms with van der Waals surface area (Å²) in [6.45, 7) is 3.10. The molecule has 0 unspecified atom stereocenters. The number of hydrogen-bond acceptors (Lipinski definition) is 8. The number of aromatic nitrogens is 2. The van der Waals surface area contributed by atoms with Crippen LogP contribution in [0.5, 0.6) is 0 Å². The first-order valence-corrected chi connectivity index (χ1v) is 14.6. The Labute approximate surface area is 244 Å². The summed E-state index contributed by atoms with van der Waals surface area (Å²) in [4.78, 5) is 38.7. The number of carboxylic acid groups (broad SMARTS) is 1. The highest BCUT2D eigenvalue weighted by Gasteiger charge is 2.31. The maximum Gasteiger partial charge on any atom is 0.341 e. The zero-order valence-electron chi connectivity index (χ0n) is 22.0. The van der Waals surface area contributed by atoms with E-state index in [2.05, 4.69) is 15.0 Å². The van der Waals surface area contributed by atoms with Crippen LogP contribution < -0.4 is 10.3 Å². The molecule has 1 N–H and O–H groups in total. The van der Waals surface area contributed by atoms with Crippen molar-refractivity contribution in [2.75, 3.05) is 37.6 Å². The first-order valence-electron chi connectivity index (χ1n) is 13.3. The van der Waals surface area contributed by atoms with Crippen molar-refractivity contribution in [2.24, 2.45) is 5.16 Å². The van der Waals surface area contributed by atoms with Gasteiger partial charge in [0.05, 0.1) is 21.6 Å². The first kappa shape index (κ1) is 27.4. The SMILES string of the molecule is O=C(O)c1cn(C2CC2)c2c(Cl)c(N3CCN(C/C(=N\OCc4ccccc4)c4nccs4)CC3)c(F)cc2c1=O. The molecule has 12 heteroatoms. The van der Waals surface area contributed by atoms with Gasteiger partial charge in [0, 0.05) is 56.5 Å². The number of aromatic carboxylic acids is 1. The minimum absolute atomic E-state index is 0.0125. The third-order valence-electron chi connectivity index (χ3n) is 7.34. The monoisotopic (exact) mass is 595 g/mol. The molecule has 1 saturated carbocycles. The summed E-state index contributed by atoms with van der Waals surface area (Å²) in [5.41, 5.74) is 1.25. The van der Waals surface area contributed by atoms with Crippen LogP contribution in [0, 0.1) is 5.82 Å². The fraction of sp³-hybridized carbons (Fsp3) is 0.310. The predicted molar refractivity (Wildman–Crippen MR) is 157 cm³/mol. The van der Waals surface area contributed by atoms with Gasteiger partial charge in [-0.2, -0.15) is 0 Å². The highest BCUT2D eigenvalue weighted by Crippen LogP contribution is 2.42. The zero-order chi connectivity index (χ0) is 28.5. The molecule has 1 saturated heterocycles.